The van der Waals surface area contributed by atoms with Gasteiger partial charge in [-0.3, -0.25) is 9.78 Å². The standard InChI is InChI=1S/C21H19N3O/c1-14-4-2-3-5-15(14)6-7-17-12-16(8-10-22-17)20-13-18-19(24-20)9-11-23-21(18)25/h2-8,10,12-13,24H,9,11H2,1H3,(H,23,25)/b7-6+. The Bertz CT molecular complexity index is 969. The largest absolute Gasteiger partial charge is 0.358 e. The number of rotatable bonds is 3. The van der Waals surface area contributed by atoms with Crippen LogP contribution < -0.4 is 5.32 Å². The van der Waals surface area contributed by atoms with Gasteiger partial charge in [-0.15, -0.1) is 0 Å². The average molecular weight is 329 g/mol. The Labute approximate surface area is 146 Å². The molecule has 4 rings (SSSR count). The van der Waals surface area contributed by atoms with Crippen molar-refractivity contribution in [1.82, 2.24) is 15.3 Å². The van der Waals surface area contributed by atoms with E-state index >= 15 is 0 Å². The number of aromatic nitrogens is 2. The van der Waals surface area contributed by atoms with Crippen molar-refractivity contribution in [2.75, 3.05) is 6.54 Å². The Kier molecular flexibility index (Phi) is 3.94. The van der Waals surface area contributed by atoms with Crippen LogP contribution in [0.3, 0.4) is 0 Å². The summed E-state index contributed by atoms with van der Waals surface area (Å²) in [5, 5.41) is 2.88. The second-order valence-electron chi connectivity index (χ2n) is 6.24. The Morgan fingerprint density at radius 3 is 2.84 bits per heavy atom. The van der Waals surface area contributed by atoms with E-state index in [1.807, 2.05) is 36.4 Å². The average Bonchev–Trinajstić information content (AvgIpc) is 3.07. The summed E-state index contributed by atoms with van der Waals surface area (Å²) in [7, 11) is 0. The summed E-state index contributed by atoms with van der Waals surface area (Å²) in [6.45, 7) is 2.78. The quantitative estimate of drug-likeness (QED) is 0.767. The van der Waals surface area contributed by atoms with Crippen molar-refractivity contribution in [1.29, 1.82) is 0 Å². The summed E-state index contributed by atoms with van der Waals surface area (Å²) in [5.41, 5.74) is 7.04. The summed E-state index contributed by atoms with van der Waals surface area (Å²) in [4.78, 5) is 19.7. The number of aryl methyl sites for hydroxylation is 1. The van der Waals surface area contributed by atoms with Crippen LogP contribution in [0, 0.1) is 6.92 Å². The van der Waals surface area contributed by atoms with Gasteiger partial charge in [0.05, 0.1) is 11.3 Å². The molecule has 3 heterocycles. The van der Waals surface area contributed by atoms with Crippen LogP contribution in [0.1, 0.15) is 32.9 Å². The molecule has 0 spiro atoms. The van der Waals surface area contributed by atoms with E-state index in [0.717, 1.165) is 34.6 Å². The number of amides is 1. The Balaban J connectivity index is 1.64. The molecule has 1 aromatic carbocycles. The van der Waals surface area contributed by atoms with Crippen molar-refractivity contribution in [2.24, 2.45) is 0 Å². The summed E-state index contributed by atoms with van der Waals surface area (Å²) >= 11 is 0. The lowest BCUT2D eigenvalue weighted by atomic mass is 10.1. The molecule has 2 aromatic heterocycles. The van der Waals surface area contributed by atoms with Gasteiger partial charge in [0, 0.05) is 36.1 Å². The molecule has 0 aliphatic carbocycles. The Morgan fingerprint density at radius 2 is 2.00 bits per heavy atom. The minimum Gasteiger partial charge on any atom is -0.358 e. The molecule has 2 N–H and O–H groups in total. The van der Waals surface area contributed by atoms with Crippen molar-refractivity contribution in [3.05, 3.63) is 76.7 Å². The number of aromatic amines is 1. The topological polar surface area (TPSA) is 57.8 Å². The van der Waals surface area contributed by atoms with Gasteiger partial charge in [0.25, 0.3) is 5.91 Å². The molecule has 0 unspecified atom stereocenters. The maximum absolute atomic E-state index is 11.9. The van der Waals surface area contributed by atoms with Crippen molar-refractivity contribution in [2.45, 2.75) is 13.3 Å². The van der Waals surface area contributed by atoms with Crippen LogP contribution in [0.5, 0.6) is 0 Å². The highest BCUT2D eigenvalue weighted by Crippen LogP contribution is 2.24. The third-order valence-corrected chi connectivity index (χ3v) is 4.52. The highest BCUT2D eigenvalue weighted by atomic mass is 16.1. The summed E-state index contributed by atoms with van der Waals surface area (Å²) < 4.78 is 0. The van der Waals surface area contributed by atoms with Crippen LogP contribution in [0.2, 0.25) is 0 Å². The minimum absolute atomic E-state index is 0.00233. The molecule has 1 aliphatic rings. The molecule has 3 aromatic rings. The first-order valence-electron chi connectivity index (χ1n) is 8.41. The van der Waals surface area contributed by atoms with Gasteiger partial charge < -0.3 is 10.3 Å². The van der Waals surface area contributed by atoms with Gasteiger partial charge in [0.15, 0.2) is 0 Å². The maximum Gasteiger partial charge on any atom is 0.253 e. The number of fused-ring (bicyclic) bond motifs is 1. The molecule has 0 saturated carbocycles. The van der Waals surface area contributed by atoms with Crippen LogP contribution >= 0.6 is 0 Å². The van der Waals surface area contributed by atoms with Gasteiger partial charge in [-0.2, -0.15) is 0 Å². The van der Waals surface area contributed by atoms with Crippen LogP contribution in [-0.4, -0.2) is 22.4 Å². The van der Waals surface area contributed by atoms with E-state index in [0.29, 0.717) is 6.54 Å². The summed E-state index contributed by atoms with van der Waals surface area (Å²) in [6, 6.07) is 14.2. The van der Waals surface area contributed by atoms with E-state index < -0.39 is 0 Å². The highest BCUT2D eigenvalue weighted by molar-refractivity contribution is 5.97. The molecule has 0 fully saturated rings. The van der Waals surface area contributed by atoms with E-state index in [2.05, 4.69) is 40.4 Å². The number of H-pyrrole nitrogens is 1. The number of carbonyl (C=O) groups is 1. The van der Waals surface area contributed by atoms with Crippen LogP contribution in [0.4, 0.5) is 0 Å². The van der Waals surface area contributed by atoms with E-state index in [9.17, 15) is 4.79 Å². The molecule has 4 heteroatoms. The molecule has 0 saturated heterocycles. The number of nitrogens with one attached hydrogen (secondary N) is 2. The van der Waals surface area contributed by atoms with Crippen molar-refractivity contribution in [3.63, 3.8) is 0 Å². The zero-order chi connectivity index (χ0) is 17.2. The minimum atomic E-state index is -0.00233. The van der Waals surface area contributed by atoms with Gasteiger partial charge >= 0.3 is 0 Å². The SMILES string of the molecule is Cc1ccccc1/C=C/c1cc(-c2cc3c([nH]2)CCNC3=O)ccn1. The first kappa shape index (κ1) is 15.4. The number of nitrogens with zero attached hydrogens (tertiary/aromatic N) is 1. The van der Waals surface area contributed by atoms with Gasteiger partial charge in [-0.25, -0.2) is 0 Å². The molecule has 0 atom stereocenters. The molecule has 4 nitrogen and oxygen atoms in total. The molecular weight excluding hydrogens is 310 g/mol. The Morgan fingerprint density at radius 1 is 1.12 bits per heavy atom. The van der Waals surface area contributed by atoms with Crippen molar-refractivity contribution >= 4 is 18.1 Å². The van der Waals surface area contributed by atoms with E-state index in [1.165, 1.54) is 11.1 Å². The molecule has 124 valence electrons. The second-order valence-corrected chi connectivity index (χ2v) is 6.24. The number of hydrogen-bond acceptors (Lipinski definition) is 2. The number of pyridine rings is 1. The fraction of sp³-hybridized carbons (Fsp3) is 0.143. The second kappa shape index (κ2) is 6.40. The van der Waals surface area contributed by atoms with Crippen molar-refractivity contribution in [3.8, 4) is 11.3 Å². The third kappa shape index (κ3) is 3.11. The molecule has 0 radical (unpaired) electrons. The summed E-state index contributed by atoms with van der Waals surface area (Å²) in [6.07, 6.45) is 6.73. The van der Waals surface area contributed by atoms with E-state index in [4.69, 9.17) is 0 Å². The third-order valence-electron chi connectivity index (χ3n) is 4.52. The number of hydrogen-bond donors (Lipinski definition) is 2. The first-order valence-corrected chi connectivity index (χ1v) is 8.41. The smallest absolute Gasteiger partial charge is 0.253 e. The monoisotopic (exact) mass is 329 g/mol. The molecule has 1 aliphatic heterocycles. The Hall–Kier alpha value is -3.14. The molecule has 0 bridgehead atoms. The number of carbonyl (C=O) groups excluding carboxylic acids is 1. The highest BCUT2D eigenvalue weighted by Gasteiger charge is 2.19. The summed E-state index contributed by atoms with van der Waals surface area (Å²) in [5.74, 6) is -0.00233. The van der Waals surface area contributed by atoms with Gasteiger partial charge in [0.2, 0.25) is 0 Å². The zero-order valence-electron chi connectivity index (χ0n) is 14.0. The lowest BCUT2D eigenvalue weighted by Gasteiger charge is -2.10. The van der Waals surface area contributed by atoms with Gasteiger partial charge in [-0.05, 0) is 42.3 Å². The zero-order valence-corrected chi connectivity index (χ0v) is 14.0. The van der Waals surface area contributed by atoms with Crippen molar-refractivity contribution < 1.29 is 4.79 Å². The fourth-order valence-corrected chi connectivity index (χ4v) is 3.10. The lowest BCUT2D eigenvalue weighted by Crippen LogP contribution is -2.31. The van der Waals surface area contributed by atoms with Crippen LogP contribution in [0.25, 0.3) is 23.4 Å². The molecule has 25 heavy (non-hydrogen) atoms. The van der Waals surface area contributed by atoms with E-state index in [-0.39, 0.29) is 5.91 Å². The lowest BCUT2D eigenvalue weighted by molar-refractivity contribution is 0.0946. The number of benzene rings is 1. The maximum atomic E-state index is 11.9. The van der Waals surface area contributed by atoms with Gasteiger partial charge in [0.1, 0.15) is 0 Å². The predicted molar refractivity (Wildman–Crippen MR) is 100 cm³/mol. The van der Waals surface area contributed by atoms with Gasteiger partial charge in [-0.1, -0.05) is 30.3 Å². The predicted octanol–water partition coefficient (Wildman–Crippen LogP) is 3.84. The van der Waals surface area contributed by atoms with E-state index in [1.54, 1.807) is 6.20 Å². The normalized spacial score (nSPS) is 13.7. The van der Waals surface area contributed by atoms with Crippen LogP contribution in [0.15, 0.2) is 48.7 Å². The van der Waals surface area contributed by atoms with Crippen LogP contribution in [-0.2, 0) is 6.42 Å². The molecular formula is C21H19N3O. The first-order chi connectivity index (χ1) is 12.2. The fourth-order valence-electron chi connectivity index (χ4n) is 3.10. The molecule has 1 amide bonds.